The number of hydrogen-bond acceptors (Lipinski definition) is 5. The highest BCUT2D eigenvalue weighted by Crippen LogP contribution is 2.25. The number of thiophene rings is 1. The molecule has 0 radical (unpaired) electrons. The van der Waals surface area contributed by atoms with Gasteiger partial charge in [0.25, 0.3) is 5.91 Å². The molecular weight excluding hydrogens is 308 g/mol. The maximum absolute atomic E-state index is 12.6. The first-order valence-corrected chi connectivity index (χ1v) is 8.17. The van der Waals surface area contributed by atoms with Crippen LogP contribution in [0.25, 0.3) is 11.1 Å². The van der Waals surface area contributed by atoms with Crippen molar-refractivity contribution in [2.75, 3.05) is 5.73 Å². The molecular formula is C17H14N4OS. The topological polar surface area (TPSA) is 72.1 Å². The summed E-state index contributed by atoms with van der Waals surface area (Å²) < 4.78 is 0. The number of hydrogen-bond donors (Lipinski definition) is 1. The lowest BCUT2D eigenvalue weighted by atomic mass is 10.1. The number of aromatic nitrogens is 2. The predicted molar refractivity (Wildman–Crippen MR) is 89.8 cm³/mol. The van der Waals surface area contributed by atoms with Crippen molar-refractivity contribution < 1.29 is 4.79 Å². The molecule has 2 N–H and O–H groups in total. The molecule has 6 heteroatoms. The number of nitrogens with two attached hydrogens (primary N) is 1. The predicted octanol–water partition coefficient (Wildman–Crippen LogP) is 2.94. The summed E-state index contributed by atoms with van der Waals surface area (Å²) in [5.41, 5.74) is 10.4. The normalized spacial score (nSPS) is 13.1. The molecule has 0 aliphatic carbocycles. The second-order valence-electron chi connectivity index (χ2n) is 5.45. The van der Waals surface area contributed by atoms with Crippen LogP contribution in [0.3, 0.4) is 0 Å². The first-order valence-electron chi connectivity index (χ1n) is 7.23. The van der Waals surface area contributed by atoms with Crippen molar-refractivity contribution in [3.8, 4) is 11.1 Å². The smallest absolute Gasteiger partial charge is 0.254 e. The van der Waals surface area contributed by atoms with Gasteiger partial charge in [-0.2, -0.15) is 11.3 Å². The monoisotopic (exact) mass is 322 g/mol. The molecule has 23 heavy (non-hydrogen) atoms. The zero-order chi connectivity index (χ0) is 15.8. The molecule has 0 fully saturated rings. The van der Waals surface area contributed by atoms with Crippen LogP contribution >= 0.6 is 11.3 Å². The second-order valence-corrected chi connectivity index (χ2v) is 6.23. The van der Waals surface area contributed by atoms with Crippen molar-refractivity contribution >= 4 is 23.2 Å². The second kappa shape index (κ2) is 5.48. The molecule has 1 amide bonds. The molecule has 1 aliphatic heterocycles. The minimum Gasteiger partial charge on any atom is -0.368 e. The average molecular weight is 322 g/mol. The van der Waals surface area contributed by atoms with E-state index in [4.69, 9.17) is 5.73 Å². The summed E-state index contributed by atoms with van der Waals surface area (Å²) >= 11 is 1.66. The third kappa shape index (κ3) is 2.57. The Balaban J connectivity index is 1.54. The Morgan fingerprint density at radius 3 is 2.70 bits per heavy atom. The van der Waals surface area contributed by atoms with Gasteiger partial charge >= 0.3 is 0 Å². The fourth-order valence-electron chi connectivity index (χ4n) is 2.73. The van der Waals surface area contributed by atoms with Gasteiger partial charge in [-0.25, -0.2) is 9.97 Å². The summed E-state index contributed by atoms with van der Waals surface area (Å²) in [4.78, 5) is 22.6. The fraction of sp³-hybridized carbons (Fsp3) is 0.118. The van der Waals surface area contributed by atoms with Gasteiger partial charge in [0.15, 0.2) is 0 Å². The Morgan fingerprint density at radius 2 is 1.96 bits per heavy atom. The molecule has 0 atom stereocenters. The Hall–Kier alpha value is -2.73. The Morgan fingerprint density at radius 1 is 1.13 bits per heavy atom. The highest BCUT2D eigenvalue weighted by molar-refractivity contribution is 7.08. The van der Waals surface area contributed by atoms with E-state index in [1.807, 2.05) is 29.6 Å². The van der Waals surface area contributed by atoms with Crippen LogP contribution in [0.4, 0.5) is 5.95 Å². The van der Waals surface area contributed by atoms with E-state index in [-0.39, 0.29) is 11.9 Å². The van der Waals surface area contributed by atoms with Gasteiger partial charge in [-0.1, -0.05) is 12.1 Å². The van der Waals surface area contributed by atoms with Crippen molar-refractivity contribution in [1.29, 1.82) is 0 Å². The summed E-state index contributed by atoms with van der Waals surface area (Å²) in [6.45, 7) is 1.01. The lowest BCUT2D eigenvalue weighted by molar-refractivity contribution is 0.0750. The average Bonchev–Trinajstić information content (AvgIpc) is 3.23. The fourth-order valence-corrected chi connectivity index (χ4v) is 3.39. The van der Waals surface area contributed by atoms with Crippen molar-refractivity contribution in [3.63, 3.8) is 0 Å². The number of nitrogens with zero attached hydrogens (tertiary/aromatic N) is 3. The maximum Gasteiger partial charge on any atom is 0.254 e. The van der Waals surface area contributed by atoms with Crippen molar-refractivity contribution in [2.45, 2.75) is 13.1 Å². The number of carbonyl (C=O) groups is 1. The van der Waals surface area contributed by atoms with Crippen LogP contribution in [-0.4, -0.2) is 20.8 Å². The van der Waals surface area contributed by atoms with E-state index in [0.29, 0.717) is 18.7 Å². The third-order valence-electron chi connectivity index (χ3n) is 3.95. The van der Waals surface area contributed by atoms with Crippen molar-refractivity contribution in [2.24, 2.45) is 0 Å². The SMILES string of the molecule is Nc1ncc2c(n1)CN(C(=O)c1ccc(-c3ccsc3)cc1)C2. The molecule has 3 aromatic rings. The quantitative estimate of drug-likeness (QED) is 0.787. The van der Waals surface area contributed by atoms with E-state index in [1.165, 1.54) is 5.56 Å². The van der Waals surface area contributed by atoms with Gasteiger partial charge in [0, 0.05) is 23.9 Å². The van der Waals surface area contributed by atoms with Crippen LogP contribution < -0.4 is 5.73 Å². The van der Waals surface area contributed by atoms with Crippen LogP contribution in [-0.2, 0) is 13.1 Å². The van der Waals surface area contributed by atoms with Gasteiger partial charge in [0.05, 0.1) is 12.2 Å². The van der Waals surface area contributed by atoms with Crippen molar-refractivity contribution in [1.82, 2.24) is 14.9 Å². The van der Waals surface area contributed by atoms with E-state index in [0.717, 1.165) is 16.8 Å². The van der Waals surface area contributed by atoms with Gasteiger partial charge < -0.3 is 10.6 Å². The van der Waals surface area contributed by atoms with E-state index < -0.39 is 0 Å². The summed E-state index contributed by atoms with van der Waals surface area (Å²) in [6, 6.07) is 9.78. The minimum atomic E-state index is -0.00144. The Bertz CT molecular complexity index is 859. The van der Waals surface area contributed by atoms with Gasteiger partial charge in [-0.15, -0.1) is 0 Å². The van der Waals surface area contributed by atoms with Gasteiger partial charge in [0.2, 0.25) is 5.95 Å². The largest absolute Gasteiger partial charge is 0.368 e. The molecule has 0 unspecified atom stereocenters. The molecule has 4 rings (SSSR count). The maximum atomic E-state index is 12.6. The molecule has 1 aromatic carbocycles. The lowest BCUT2D eigenvalue weighted by Gasteiger charge is -2.15. The van der Waals surface area contributed by atoms with Crippen LogP contribution in [0, 0.1) is 0 Å². The molecule has 0 bridgehead atoms. The zero-order valence-electron chi connectivity index (χ0n) is 12.3. The molecule has 0 spiro atoms. The Kier molecular flexibility index (Phi) is 3.31. The summed E-state index contributed by atoms with van der Waals surface area (Å²) in [7, 11) is 0. The molecule has 5 nitrogen and oxygen atoms in total. The van der Waals surface area contributed by atoms with Crippen LogP contribution in [0.5, 0.6) is 0 Å². The lowest BCUT2D eigenvalue weighted by Crippen LogP contribution is -2.25. The summed E-state index contributed by atoms with van der Waals surface area (Å²) in [5, 5.41) is 4.14. The first kappa shape index (κ1) is 13.9. The van der Waals surface area contributed by atoms with E-state index >= 15 is 0 Å². The van der Waals surface area contributed by atoms with Gasteiger partial charge in [-0.3, -0.25) is 4.79 Å². The van der Waals surface area contributed by atoms with E-state index in [2.05, 4.69) is 21.4 Å². The molecule has 3 heterocycles. The molecule has 0 saturated carbocycles. The highest BCUT2D eigenvalue weighted by Gasteiger charge is 2.25. The highest BCUT2D eigenvalue weighted by atomic mass is 32.1. The van der Waals surface area contributed by atoms with Crippen LogP contribution in [0.1, 0.15) is 21.6 Å². The number of benzene rings is 1. The third-order valence-corrected chi connectivity index (χ3v) is 4.63. The van der Waals surface area contributed by atoms with Gasteiger partial charge in [0.1, 0.15) is 0 Å². The van der Waals surface area contributed by atoms with Crippen molar-refractivity contribution in [3.05, 3.63) is 64.1 Å². The van der Waals surface area contributed by atoms with Crippen LogP contribution in [0.15, 0.2) is 47.3 Å². The number of nitrogen functional groups attached to an aromatic ring is 1. The first-order chi connectivity index (χ1) is 11.2. The number of carbonyl (C=O) groups excluding carboxylic acids is 1. The summed E-state index contributed by atoms with van der Waals surface area (Å²) in [6.07, 6.45) is 1.70. The Labute approximate surface area is 137 Å². The number of rotatable bonds is 2. The zero-order valence-corrected chi connectivity index (χ0v) is 13.1. The standard InChI is InChI=1S/C17H14N4OS/c18-17-19-7-14-8-21(9-15(14)20-17)16(22)12-3-1-11(2-4-12)13-5-6-23-10-13/h1-7,10H,8-9H2,(H2,18,19,20). The number of amides is 1. The van der Waals surface area contributed by atoms with Gasteiger partial charge in [-0.05, 0) is 40.1 Å². The molecule has 2 aromatic heterocycles. The minimum absolute atomic E-state index is 0.00144. The summed E-state index contributed by atoms with van der Waals surface area (Å²) in [5.74, 6) is 0.247. The van der Waals surface area contributed by atoms with E-state index in [9.17, 15) is 4.79 Å². The molecule has 1 aliphatic rings. The molecule has 114 valence electrons. The molecule has 0 saturated heterocycles. The van der Waals surface area contributed by atoms with E-state index in [1.54, 1.807) is 22.4 Å². The number of fused-ring (bicyclic) bond motifs is 1. The number of anilines is 1. The van der Waals surface area contributed by atoms with Crippen LogP contribution in [0.2, 0.25) is 0 Å².